The molecule has 1 saturated heterocycles. The summed E-state index contributed by atoms with van der Waals surface area (Å²) >= 11 is 0. The molecule has 1 fully saturated rings. The van der Waals surface area contributed by atoms with Crippen LogP contribution in [0.4, 0.5) is 4.79 Å². The molecule has 0 aromatic heterocycles. The minimum Gasteiger partial charge on any atom is -0.445 e. The molecule has 230 valence electrons. The summed E-state index contributed by atoms with van der Waals surface area (Å²) in [6.07, 6.45) is 0.175. The highest BCUT2D eigenvalue weighted by molar-refractivity contribution is 5.83. The van der Waals surface area contributed by atoms with Gasteiger partial charge >= 0.3 is 6.09 Å². The predicted molar refractivity (Wildman–Crippen MR) is 173 cm³/mol. The molecule has 5 atom stereocenters. The van der Waals surface area contributed by atoms with Gasteiger partial charge in [-0.3, -0.25) is 4.90 Å². The molecular formula is C37H42N2O5. The molecule has 7 heteroatoms. The van der Waals surface area contributed by atoms with Crippen LogP contribution >= 0.6 is 0 Å². The number of amides is 1. The second-order valence-electron chi connectivity index (χ2n) is 11.5. The van der Waals surface area contributed by atoms with E-state index in [1.807, 2.05) is 48.5 Å². The number of carbonyl (C=O) groups excluding carboxylic acids is 1. The van der Waals surface area contributed by atoms with Crippen LogP contribution in [0.3, 0.4) is 0 Å². The number of nitrogens with one attached hydrogen (secondary N) is 1. The van der Waals surface area contributed by atoms with Crippen molar-refractivity contribution in [3.8, 4) is 0 Å². The fraction of sp³-hybridized carbons (Fsp3) is 0.324. The van der Waals surface area contributed by atoms with Crippen molar-refractivity contribution in [2.24, 2.45) is 5.92 Å². The van der Waals surface area contributed by atoms with E-state index in [1.54, 1.807) is 0 Å². The molecule has 0 unspecified atom stereocenters. The van der Waals surface area contributed by atoms with Crippen LogP contribution in [-0.4, -0.2) is 42.4 Å². The molecule has 1 amide bonds. The minimum absolute atomic E-state index is 0.000355. The molecule has 1 aliphatic rings. The Morgan fingerprint density at radius 1 is 0.977 bits per heavy atom. The third-order valence-corrected chi connectivity index (χ3v) is 8.53. The second-order valence-corrected chi connectivity index (χ2v) is 11.5. The van der Waals surface area contributed by atoms with Crippen LogP contribution in [0.2, 0.25) is 0 Å². The number of fused-ring (bicyclic) bond motifs is 1. The molecule has 4 aromatic rings. The van der Waals surface area contributed by atoms with E-state index in [4.69, 9.17) is 14.2 Å². The van der Waals surface area contributed by atoms with Crippen LogP contribution in [0.1, 0.15) is 60.1 Å². The van der Waals surface area contributed by atoms with Crippen molar-refractivity contribution in [2.75, 3.05) is 20.2 Å². The fourth-order valence-electron chi connectivity index (χ4n) is 5.64. The van der Waals surface area contributed by atoms with Gasteiger partial charge in [-0.1, -0.05) is 105 Å². The van der Waals surface area contributed by atoms with Crippen LogP contribution < -0.4 is 5.32 Å². The Hall–Kier alpha value is -4.01. The first-order chi connectivity index (χ1) is 21.4. The average Bonchev–Trinajstić information content (AvgIpc) is 3.07. The normalized spacial score (nSPS) is 20.8. The summed E-state index contributed by atoms with van der Waals surface area (Å²) < 4.78 is 18.3. The monoisotopic (exact) mass is 594 g/mol. The first-order valence-corrected chi connectivity index (χ1v) is 15.2. The molecule has 0 bridgehead atoms. The summed E-state index contributed by atoms with van der Waals surface area (Å²) in [7, 11) is 2.15. The van der Waals surface area contributed by atoms with Crippen molar-refractivity contribution in [1.82, 2.24) is 10.2 Å². The molecule has 0 aliphatic carbocycles. The lowest BCUT2D eigenvalue weighted by molar-refractivity contribution is -0.276. The number of aliphatic hydroxyl groups is 1. The molecule has 2 N–H and O–H groups in total. The molecule has 4 aromatic carbocycles. The minimum atomic E-state index is -0.567. The SMILES string of the molecule is C=CCOC(=O)NCc1ccc([C@H]2O[C@@H](CN(C)[C@H](C)c3ccc4ccccc4c3)[C@@H](C)[C@@H](c3ccc(CO)cc3)O2)cc1. The summed E-state index contributed by atoms with van der Waals surface area (Å²) in [5, 5.41) is 14.8. The van der Waals surface area contributed by atoms with E-state index in [9.17, 15) is 9.90 Å². The van der Waals surface area contributed by atoms with Crippen LogP contribution in [0.25, 0.3) is 10.8 Å². The third kappa shape index (κ3) is 7.55. The van der Waals surface area contributed by atoms with Crippen molar-refractivity contribution in [1.29, 1.82) is 0 Å². The second kappa shape index (κ2) is 14.6. The first-order valence-electron chi connectivity index (χ1n) is 15.2. The Morgan fingerprint density at radius 3 is 2.36 bits per heavy atom. The van der Waals surface area contributed by atoms with Crippen LogP contribution in [-0.2, 0) is 27.4 Å². The van der Waals surface area contributed by atoms with E-state index in [0.717, 1.165) is 28.8 Å². The van der Waals surface area contributed by atoms with E-state index >= 15 is 0 Å². The number of ether oxygens (including phenoxy) is 3. The molecule has 1 heterocycles. The Bertz CT molecular complexity index is 1540. The molecule has 7 nitrogen and oxygen atoms in total. The van der Waals surface area contributed by atoms with Gasteiger partial charge in [0.1, 0.15) is 6.61 Å². The van der Waals surface area contributed by atoms with Crippen molar-refractivity contribution < 1.29 is 24.1 Å². The highest BCUT2D eigenvalue weighted by Gasteiger charge is 2.39. The topological polar surface area (TPSA) is 80.3 Å². The lowest BCUT2D eigenvalue weighted by atomic mass is 9.89. The molecule has 5 rings (SSSR count). The number of alkyl carbamates (subject to hydrolysis) is 1. The lowest BCUT2D eigenvalue weighted by Crippen LogP contribution is -2.44. The fourth-order valence-corrected chi connectivity index (χ4v) is 5.64. The highest BCUT2D eigenvalue weighted by Crippen LogP contribution is 2.42. The van der Waals surface area contributed by atoms with Gasteiger partial charge in [0, 0.05) is 30.6 Å². The molecule has 44 heavy (non-hydrogen) atoms. The Balaban J connectivity index is 1.34. The van der Waals surface area contributed by atoms with Gasteiger partial charge in [-0.05, 0) is 53.1 Å². The highest BCUT2D eigenvalue weighted by atomic mass is 16.7. The van der Waals surface area contributed by atoms with E-state index in [2.05, 4.69) is 80.2 Å². The quantitative estimate of drug-likeness (QED) is 0.178. The first kappa shape index (κ1) is 31.4. The summed E-state index contributed by atoms with van der Waals surface area (Å²) in [4.78, 5) is 14.2. The smallest absolute Gasteiger partial charge is 0.407 e. The lowest BCUT2D eigenvalue weighted by Gasteiger charge is -2.43. The summed E-state index contributed by atoms with van der Waals surface area (Å²) in [5.41, 5.74) is 5.02. The summed E-state index contributed by atoms with van der Waals surface area (Å²) in [6.45, 7) is 9.20. The molecule has 1 aliphatic heterocycles. The number of likely N-dealkylation sites (N-methyl/N-ethyl adjacent to an activating group) is 1. The number of aliphatic hydroxyl groups excluding tert-OH is 1. The number of carbonyl (C=O) groups is 1. The maximum Gasteiger partial charge on any atom is 0.407 e. The summed E-state index contributed by atoms with van der Waals surface area (Å²) in [5.74, 6) is 0.0718. The van der Waals surface area contributed by atoms with Gasteiger partial charge < -0.3 is 24.6 Å². The number of benzene rings is 4. The zero-order valence-corrected chi connectivity index (χ0v) is 25.7. The molecule has 0 spiro atoms. The Labute approximate surface area is 260 Å². The Morgan fingerprint density at radius 2 is 1.66 bits per heavy atom. The van der Waals surface area contributed by atoms with Crippen LogP contribution in [0.15, 0.2) is 104 Å². The van der Waals surface area contributed by atoms with Crippen molar-refractivity contribution in [3.63, 3.8) is 0 Å². The van der Waals surface area contributed by atoms with Crippen molar-refractivity contribution >= 4 is 16.9 Å². The summed E-state index contributed by atoms with van der Waals surface area (Å²) in [6, 6.07) is 31.1. The van der Waals surface area contributed by atoms with Gasteiger partial charge in [-0.15, -0.1) is 0 Å². The number of hydrogen-bond donors (Lipinski definition) is 2. The van der Waals surface area contributed by atoms with Crippen molar-refractivity contribution in [3.05, 3.63) is 131 Å². The number of rotatable bonds is 11. The maximum absolute atomic E-state index is 11.8. The van der Waals surface area contributed by atoms with Crippen molar-refractivity contribution in [2.45, 2.75) is 51.5 Å². The largest absolute Gasteiger partial charge is 0.445 e. The molecule has 0 saturated carbocycles. The third-order valence-electron chi connectivity index (χ3n) is 8.53. The van der Waals surface area contributed by atoms with E-state index in [-0.39, 0.29) is 37.4 Å². The van der Waals surface area contributed by atoms with Gasteiger partial charge in [0.2, 0.25) is 0 Å². The zero-order chi connectivity index (χ0) is 31.1. The Kier molecular flexibility index (Phi) is 10.5. The maximum atomic E-state index is 11.8. The standard InChI is InChI=1S/C37H42N2O5/c1-5-20-42-37(41)38-22-27-10-16-31(17-11-27)36-43-34(25(2)35(44-36)30-14-12-28(24-40)13-15-30)23-39(4)26(3)32-19-18-29-8-6-7-9-33(29)21-32/h5-19,21,25-26,34-36,40H,1,20,22-24H2,2-4H3,(H,38,41)/t25-,26-,34+,35+,36+/m1/s1. The van der Waals surface area contributed by atoms with Crippen LogP contribution in [0.5, 0.6) is 0 Å². The van der Waals surface area contributed by atoms with E-state index < -0.39 is 12.4 Å². The number of nitrogens with zero attached hydrogens (tertiary/aromatic N) is 1. The zero-order valence-electron chi connectivity index (χ0n) is 25.7. The number of hydrogen-bond acceptors (Lipinski definition) is 6. The molecule has 0 radical (unpaired) electrons. The molecular weight excluding hydrogens is 552 g/mol. The van der Waals surface area contributed by atoms with E-state index in [1.165, 1.54) is 22.4 Å². The van der Waals surface area contributed by atoms with Gasteiger partial charge in [0.15, 0.2) is 6.29 Å². The van der Waals surface area contributed by atoms with Gasteiger partial charge in [0.25, 0.3) is 0 Å². The van der Waals surface area contributed by atoms with Gasteiger partial charge in [0.05, 0.1) is 18.8 Å². The van der Waals surface area contributed by atoms with Gasteiger partial charge in [-0.25, -0.2) is 4.79 Å². The predicted octanol–water partition coefficient (Wildman–Crippen LogP) is 7.23. The average molecular weight is 595 g/mol. The van der Waals surface area contributed by atoms with Gasteiger partial charge in [-0.2, -0.15) is 0 Å². The van der Waals surface area contributed by atoms with E-state index in [0.29, 0.717) is 6.54 Å². The van der Waals surface area contributed by atoms with Crippen LogP contribution in [0, 0.1) is 5.92 Å².